The van der Waals surface area contributed by atoms with Crippen LogP contribution in [0.2, 0.25) is 0 Å². The van der Waals surface area contributed by atoms with Crippen LogP contribution in [0.4, 0.5) is 5.82 Å². The lowest BCUT2D eigenvalue weighted by Crippen LogP contribution is -2.36. The fourth-order valence-electron chi connectivity index (χ4n) is 5.71. The number of aromatic carboxylic acids is 1. The second-order valence-electron chi connectivity index (χ2n) is 11.2. The van der Waals surface area contributed by atoms with Crippen LogP contribution in [0.25, 0.3) is 11.0 Å². The van der Waals surface area contributed by atoms with Crippen molar-refractivity contribution in [1.82, 2.24) is 4.98 Å². The molecule has 1 saturated heterocycles. The molecule has 5 aromatic rings. The van der Waals surface area contributed by atoms with Crippen LogP contribution in [0.1, 0.15) is 56.0 Å². The second-order valence-corrected chi connectivity index (χ2v) is 11.2. The molecule has 0 atom stereocenters. The molecule has 7 nitrogen and oxygen atoms in total. The van der Waals surface area contributed by atoms with Gasteiger partial charge in [-0.25, -0.2) is 9.78 Å². The van der Waals surface area contributed by atoms with E-state index in [1.165, 1.54) is 11.1 Å². The standard InChI is InChI=1S/C36H34N2O5/c1-24-31-19-27(18-25-6-3-2-4-7-25)10-12-33(31)43-35(24)32(39)20-28-11-13-34(37-22-28)38-16-14-26(15-17-38)23-42-30-9-5-8-29(21-30)36(40)41/h2-13,19,21-22,26H,14-18,20,23H2,1H3,(H,40,41). The van der Waals surface area contributed by atoms with Crippen molar-refractivity contribution in [3.8, 4) is 5.75 Å². The summed E-state index contributed by atoms with van der Waals surface area (Å²) in [5.74, 6) is 1.27. The van der Waals surface area contributed by atoms with E-state index in [9.17, 15) is 14.7 Å². The number of pyridine rings is 1. The zero-order valence-corrected chi connectivity index (χ0v) is 24.2. The number of piperidine rings is 1. The van der Waals surface area contributed by atoms with Gasteiger partial charge in [0.25, 0.3) is 0 Å². The zero-order valence-electron chi connectivity index (χ0n) is 24.2. The van der Waals surface area contributed by atoms with Gasteiger partial charge in [0.05, 0.1) is 12.2 Å². The van der Waals surface area contributed by atoms with Crippen molar-refractivity contribution in [1.29, 1.82) is 0 Å². The van der Waals surface area contributed by atoms with Crippen molar-refractivity contribution in [2.24, 2.45) is 5.92 Å². The van der Waals surface area contributed by atoms with E-state index in [4.69, 9.17) is 9.15 Å². The molecule has 0 radical (unpaired) electrons. The normalized spacial score (nSPS) is 13.7. The van der Waals surface area contributed by atoms with Crippen molar-refractivity contribution in [2.45, 2.75) is 32.6 Å². The van der Waals surface area contributed by atoms with E-state index < -0.39 is 5.97 Å². The number of carboxylic acids is 1. The number of carbonyl (C=O) groups excluding carboxylic acids is 1. The lowest BCUT2D eigenvalue weighted by molar-refractivity contribution is 0.0696. The van der Waals surface area contributed by atoms with E-state index in [1.807, 2.05) is 43.3 Å². The minimum absolute atomic E-state index is 0.0532. The van der Waals surface area contributed by atoms with E-state index in [0.717, 1.165) is 60.3 Å². The summed E-state index contributed by atoms with van der Waals surface area (Å²) in [5, 5.41) is 10.2. The van der Waals surface area contributed by atoms with Gasteiger partial charge in [-0.05, 0) is 85.2 Å². The molecule has 0 saturated carbocycles. The van der Waals surface area contributed by atoms with Crippen LogP contribution in [-0.4, -0.2) is 41.5 Å². The Morgan fingerprint density at radius 2 is 1.72 bits per heavy atom. The first-order valence-corrected chi connectivity index (χ1v) is 14.7. The molecule has 1 aliphatic rings. The van der Waals surface area contributed by atoms with Gasteiger partial charge in [0.1, 0.15) is 17.2 Å². The number of fused-ring (bicyclic) bond motifs is 1. The van der Waals surface area contributed by atoms with Crippen LogP contribution >= 0.6 is 0 Å². The average molecular weight is 575 g/mol. The van der Waals surface area contributed by atoms with Gasteiger partial charge in [-0.15, -0.1) is 0 Å². The monoisotopic (exact) mass is 574 g/mol. The largest absolute Gasteiger partial charge is 0.493 e. The van der Waals surface area contributed by atoms with Gasteiger partial charge in [0.15, 0.2) is 5.76 Å². The number of aromatic nitrogens is 1. The van der Waals surface area contributed by atoms with E-state index >= 15 is 0 Å². The third kappa shape index (κ3) is 6.61. The lowest BCUT2D eigenvalue weighted by atomic mass is 9.97. The Balaban J connectivity index is 1.03. The summed E-state index contributed by atoms with van der Waals surface area (Å²) in [6.45, 7) is 4.23. The molecule has 7 heteroatoms. The first kappa shape index (κ1) is 28.2. The summed E-state index contributed by atoms with van der Waals surface area (Å²) in [5.41, 5.74) is 5.11. The maximum Gasteiger partial charge on any atom is 0.335 e. The SMILES string of the molecule is Cc1c(C(=O)Cc2ccc(N3CCC(COc4cccc(C(=O)O)c4)CC3)nc2)oc2ccc(Cc3ccccc3)cc12. The highest BCUT2D eigenvalue weighted by Crippen LogP contribution is 2.29. The first-order chi connectivity index (χ1) is 20.9. The fourth-order valence-corrected chi connectivity index (χ4v) is 5.71. The number of hydrogen-bond donors (Lipinski definition) is 1. The number of furan rings is 1. The average Bonchev–Trinajstić information content (AvgIpc) is 3.37. The topological polar surface area (TPSA) is 92.9 Å². The minimum Gasteiger partial charge on any atom is -0.493 e. The second kappa shape index (κ2) is 12.5. The summed E-state index contributed by atoms with van der Waals surface area (Å²) in [7, 11) is 0. The Kier molecular flexibility index (Phi) is 8.22. The van der Waals surface area contributed by atoms with Gasteiger partial charge in [-0.1, -0.05) is 48.5 Å². The van der Waals surface area contributed by atoms with Gasteiger partial charge < -0.3 is 19.2 Å². The molecule has 43 heavy (non-hydrogen) atoms. The molecule has 0 spiro atoms. The predicted molar refractivity (Wildman–Crippen MR) is 166 cm³/mol. The number of nitrogens with zero attached hydrogens (tertiary/aromatic N) is 2. The predicted octanol–water partition coefficient (Wildman–Crippen LogP) is 7.15. The molecule has 0 aliphatic carbocycles. The Labute approximate surface area is 250 Å². The minimum atomic E-state index is -0.959. The molecule has 218 valence electrons. The van der Waals surface area contributed by atoms with Crippen LogP contribution in [-0.2, 0) is 12.8 Å². The molecule has 3 aromatic carbocycles. The Morgan fingerprint density at radius 3 is 2.47 bits per heavy atom. The summed E-state index contributed by atoms with van der Waals surface area (Å²) < 4.78 is 11.9. The van der Waals surface area contributed by atoms with Crippen molar-refractivity contribution in [3.63, 3.8) is 0 Å². The lowest BCUT2D eigenvalue weighted by Gasteiger charge is -2.32. The van der Waals surface area contributed by atoms with Crippen LogP contribution in [0.3, 0.4) is 0 Å². The van der Waals surface area contributed by atoms with Crippen molar-refractivity contribution in [3.05, 3.63) is 125 Å². The molecule has 0 bridgehead atoms. The van der Waals surface area contributed by atoms with Gasteiger partial charge in [0, 0.05) is 36.7 Å². The number of ketones is 1. The third-order valence-corrected chi connectivity index (χ3v) is 8.18. The molecule has 6 rings (SSSR count). The zero-order chi connectivity index (χ0) is 29.8. The summed E-state index contributed by atoms with van der Waals surface area (Å²) >= 11 is 0. The highest BCUT2D eigenvalue weighted by atomic mass is 16.5. The molecule has 0 unspecified atom stereocenters. The number of carboxylic acid groups (broad SMARTS) is 1. The maximum atomic E-state index is 13.2. The molecular weight excluding hydrogens is 540 g/mol. The van der Waals surface area contributed by atoms with Gasteiger partial charge in [0.2, 0.25) is 5.78 Å². The first-order valence-electron chi connectivity index (χ1n) is 14.7. The van der Waals surface area contributed by atoms with Crippen molar-refractivity contribution in [2.75, 3.05) is 24.6 Å². The van der Waals surface area contributed by atoms with Crippen LogP contribution in [0.15, 0.2) is 95.5 Å². The summed E-state index contributed by atoms with van der Waals surface area (Å²) in [6, 6.07) is 27.0. The Hall–Kier alpha value is -4.91. The molecule has 3 heterocycles. The number of carbonyl (C=O) groups is 2. The van der Waals surface area contributed by atoms with E-state index in [0.29, 0.717) is 24.0 Å². The highest BCUT2D eigenvalue weighted by molar-refractivity contribution is 6.01. The smallest absolute Gasteiger partial charge is 0.335 e. The number of benzene rings is 3. The number of rotatable bonds is 10. The number of ether oxygens (including phenoxy) is 1. The fraction of sp³-hybridized carbons (Fsp3) is 0.250. The van der Waals surface area contributed by atoms with E-state index in [1.54, 1.807) is 30.5 Å². The molecule has 1 fully saturated rings. The number of hydrogen-bond acceptors (Lipinski definition) is 6. The summed E-state index contributed by atoms with van der Waals surface area (Å²) in [4.78, 5) is 31.4. The van der Waals surface area contributed by atoms with Crippen LogP contribution < -0.4 is 9.64 Å². The summed E-state index contributed by atoms with van der Waals surface area (Å²) in [6.07, 6.45) is 4.76. The number of Topliss-reactive ketones (excluding diaryl/α,β-unsaturated/α-hetero) is 1. The number of aryl methyl sites for hydroxylation is 1. The van der Waals surface area contributed by atoms with Crippen molar-refractivity contribution < 1.29 is 23.8 Å². The molecular formula is C36H34N2O5. The Morgan fingerprint density at radius 1 is 0.930 bits per heavy atom. The van der Waals surface area contributed by atoms with Crippen LogP contribution in [0, 0.1) is 12.8 Å². The van der Waals surface area contributed by atoms with E-state index in [-0.39, 0.29) is 17.8 Å². The maximum absolute atomic E-state index is 13.2. The molecule has 1 aliphatic heterocycles. The van der Waals surface area contributed by atoms with Crippen LogP contribution in [0.5, 0.6) is 5.75 Å². The third-order valence-electron chi connectivity index (χ3n) is 8.18. The Bertz CT molecular complexity index is 1740. The van der Waals surface area contributed by atoms with Gasteiger partial charge >= 0.3 is 5.97 Å². The molecule has 1 N–H and O–H groups in total. The highest BCUT2D eigenvalue weighted by Gasteiger charge is 2.22. The van der Waals surface area contributed by atoms with Gasteiger partial charge in [-0.2, -0.15) is 0 Å². The van der Waals surface area contributed by atoms with Gasteiger partial charge in [-0.3, -0.25) is 4.79 Å². The molecule has 0 amide bonds. The molecule has 2 aromatic heterocycles. The van der Waals surface area contributed by atoms with E-state index in [2.05, 4.69) is 34.1 Å². The number of anilines is 1. The quantitative estimate of drug-likeness (QED) is 0.177. The van der Waals surface area contributed by atoms with Crippen molar-refractivity contribution >= 4 is 28.5 Å².